The lowest BCUT2D eigenvalue weighted by atomic mass is 10.2. The van der Waals surface area contributed by atoms with Gasteiger partial charge in [0, 0.05) is 25.7 Å². The third-order valence-electron chi connectivity index (χ3n) is 4.71. The zero-order chi connectivity index (χ0) is 26.5. The molecule has 0 bridgehead atoms. The van der Waals surface area contributed by atoms with E-state index in [9.17, 15) is 17.6 Å². The minimum Gasteiger partial charge on any atom is -0.476 e. The summed E-state index contributed by atoms with van der Waals surface area (Å²) in [4.78, 5) is 16.6. The van der Waals surface area contributed by atoms with Crippen molar-refractivity contribution in [3.63, 3.8) is 0 Å². The summed E-state index contributed by atoms with van der Waals surface area (Å²) < 4.78 is 53.7. The molecule has 0 radical (unpaired) electrons. The maximum Gasteiger partial charge on any atom is 0.304 e. The lowest BCUT2D eigenvalue weighted by Crippen LogP contribution is -2.41. The van der Waals surface area contributed by atoms with Crippen molar-refractivity contribution in [1.29, 1.82) is 0 Å². The molecule has 0 aliphatic carbocycles. The first-order valence-electron chi connectivity index (χ1n) is 10.7. The van der Waals surface area contributed by atoms with Crippen molar-refractivity contribution in [2.24, 2.45) is 5.92 Å². The fourth-order valence-corrected chi connectivity index (χ4v) is 4.13. The molecule has 3 aromatic rings. The first kappa shape index (κ1) is 27.7. The minimum atomic E-state index is -4.26. The van der Waals surface area contributed by atoms with Gasteiger partial charge < -0.3 is 9.47 Å². The number of nitrogens with one attached hydrogen (secondary N) is 1. The molecule has 2 aromatic carbocycles. The fourth-order valence-electron chi connectivity index (χ4n) is 2.90. The molecule has 8 nitrogen and oxygen atoms in total. The van der Waals surface area contributed by atoms with Crippen LogP contribution in [-0.4, -0.2) is 37.3 Å². The minimum absolute atomic E-state index is 0.0113. The number of benzene rings is 2. The number of ether oxygens (including phenoxy) is 2. The van der Waals surface area contributed by atoms with Crippen molar-refractivity contribution in [2.75, 3.05) is 13.7 Å². The highest BCUT2D eigenvalue weighted by Gasteiger charge is 2.25. The lowest BCUT2D eigenvalue weighted by Gasteiger charge is -2.18. The van der Waals surface area contributed by atoms with Crippen LogP contribution in [0.4, 0.5) is 4.39 Å². The molecule has 0 aliphatic rings. The molecular weight excluding hydrogens is 532 g/mol. The summed E-state index contributed by atoms with van der Waals surface area (Å²) in [6, 6.07) is 12.1. The Morgan fingerprint density at radius 3 is 2.47 bits per heavy atom. The van der Waals surface area contributed by atoms with Gasteiger partial charge in [-0.15, -0.1) is 0 Å². The van der Waals surface area contributed by atoms with E-state index in [-0.39, 0.29) is 39.9 Å². The van der Waals surface area contributed by atoms with E-state index in [1.165, 1.54) is 19.3 Å². The highest BCUT2D eigenvalue weighted by Crippen LogP contribution is 2.34. The van der Waals surface area contributed by atoms with Crippen LogP contribution < -0.4 is 14.2 Å². The maximum absolute atomic E-state index is 14.8. The average Bonchev–Trinajstić information content (AvgIpc) is 2.80. The molecule has 0 fully saturated rings. The van der Waals surface area contributed by atoms with Gasteiger partial charge in [0.15, 0.2) is 0 Å². The quantitative estimate of drug-likeness (QED) is 0.356. The molecule has 0 spiro atoms. The molecule has 1 amide bonds. The van der Waals surface area contributed by atoms with Gasteiger partial charge in [0.1, 0.15) is 22.3 Å². The van der Waals surface area contributed by atoms with Gasteiger partial charge >= 0.3 is 10.2 Å². The van der Waals surface area contributed by atoms with Crippen molar-refractivity contribution in [2.45, 2.75) is 20.4 Å². The van der Waals surface area contributed by atoms with E-state index < -0.39 is 27.5 Å². The van der Waals surface area contributed by atoms with Gasteiger partial charge in [-0.3, -0.25) is 4.79 Å². The molecule has 0 saturated heterocycles. The Kier molecular flexibility index (Phi) is 9.13. The van der Waals surface area contributed by atoms with Crippen LogP contribution in [0.2, 0.25) is 10.0 Å². The fraction of sp³-hybridized carbons (Fsp3) is 0.250. The number of pyridine rings is 1. The van der Waals surface area contributed by atoms with Crippen molar-refractivity contribution in [3.8, 4) is 17.4 Å². The van der Waals surface area contributed by atoms with Crippen LogP contribution >= 0.6 is 23.2 Å². The molecule has 1 N–H and O–H groups in total. The smallest absolute Gasteiger partial charge is 0.304 e. The first-order chi connectivity index (χ1) is 17.0. The Bertz CT molecular complexity index is 1340. The van der Waals surface area contributed by atoms with Crippen molar-refractivity contribution in [1.82, 2.24) is 14.0 Å². The van der Waals surface area contributed by atoms with Crippen molar-refractivity contribution < 1.29 is 27.1 Å². The van der Waals surface area contributed by atoms with Crippen LogP contribution in [0.5, 0.6) is 17.4 Å². The summed E-state index contributed by atoms with van der Waals surface area (Å²) >= 11 is 12.3. The average molecular weight is 556 g/mol. The van der Waals surface area contributed by atoms with Crippen LogP contribution in [-0.2, 0) is 16.8 Å². The molecule has 0 unspecified atom stereocenters. The number of aromatic nitrogens is 1. The van der Waals surface area contributed by atoms with E-state index in [4.69, 9.17) is 32.7 Å². The van der Waals surface area contributed by atoms with E-state index in [2.05, 4.69) is 4.98 Å². The van der Waals surface area contributed by atoms with Gasteiger partial charge in [-0.2, -0.15) is 12.7 Å². The van der Waals surface area contributed by atoms with Gasteiger partial charge in [-0.25, -0.2) is 14.1 Å². The maximum atomic E-state index is 14.8. The summed E-state index contributed by atoms with van der Waals surface area (Å²) in [5.74, 6) is -1.69. The standard InChI is InChI=1S/C24H24Cl2FN3O5S/c1-15(2)14-34-24-20(26)9-17(12-28-24)35-22-11-21(27)18(10-19(22)25)23(31)29-36(32,33)30(3)13-16-7-5-4-6-8-16/h4-12,15H,13-14H2,1-3H3,(H,29,31). The molecular formula is C24H24Cl2FN3O5S. The molecule has 36 heavy (non-hydrogen) atoms. The Balaban J connectivity index is 1.72. The van der Waals surface area contributed by atoms with Gasteiger partial charge in [0.25, 0.3) is 5.91 Å². The highest BCUT2D eigenvalue weighted by molar-refractivity contribution is 7.87. The number of amides is 1. The number of hydrogen-bond acceptors (Lipinski definition) is 6. The SMILES string of the molecule is CC(C)COc1ncc(Oc2cc(F)c(C(=O)NS(=O)(=O)N(C)Cc3ccccc3)cc2Cl)cc1Cl. The van der Waals surface area contributed by atoms with E-state index in [1.54, 1.807) is 30.3 Å². The van der Waals surface area contributed by atoms with Crippen LogP contribution in [0, 0.1) is 11.7 Å². The zero-order valence-electron chi connectivity index (χ0n) is 19.7. The number of carbonyl (C=O) groups is 1. The third kappa shape index (κ3) is 7.30. The van der Waals surface area contributed by atoms with E-state index in [0.29, 0.717) is 12.2 Å². The normalized spacial score (nSPS) is 11.6. The number of nitrogens with zero attached hydrogens (tertiary/aromatic N) is 2. The van der Waals surface area contributed by atoms with Crippen molar-refractivity contribution in [3.05, 3.63) is 81.7 Å². The topological polar surface area (TPSA) is 97.8 Å². The summed E-state index contributed by atoms with van der Waals surface area (Å²) in [7, 11) is -2.96. The number of halogens is 3. The summed E-state index contributed by atoms with van der Waals surface area (Å²) in [6.45, 7) is 4.39. The zero-order valence-corrected chi connectivity index (χ0v) is 22.0. The molecule has 0 aliphatic heterocycles. The number of hydrogen-bond donors (Lipinski definition) is 1. The predicted octanol–water partition coefficient (Wildman–Crippen LogP) is 5.46. The second-order valence-electron chi connectivity index (χ2n) is 8.21. The second kappa shape index (κ2) is 11.9. The van der Waals surface area contributed by atoms with Crippen molar-refractivity contribution >= 4 is 39.3 Å². The highest BCUT2D eigenvalue weighted by atomic mass is 35.5. The summed E-state index contributed by atoms with van der Waals surface area (Å²) in [5.41, 5.74) is 0.139. The Morgan fingerprint density at radius 2 is 1.83 bits per heavy atom. The van der Waals surface area contributed by atoms with E-state index >= 15 is 0 Å². The Labute approximate surface area is 219 Å². The monoisotopic (exact) mass is 555 g/mol. The molecule has 192 valence electrons. The van der Waals surface area contributed by atoms with Gasteiger partial charge in [0.05, 0.1) is 23.4 Å². The molecule has 3 rings (SSSR count). The van der Waals surface area contributed by atoms with E-state index in [1.807, 2.05) is 18.6 Å². The van der Waals surface area contributed by atoms with Crippen LogP contribution in [0.1, 0.15) is 29.8 Å². The Morgan fingerprint density at radius 1 is 1.14 bits per heavy atom. The summed E-state index contributed by atoms with van der Waals surface area (Å²) in [5, 5.41) is 0.0541. The van der Waals surface area contributed by atoms with Gasteiger partial charge in [0.2, 0.25) is 5.88 Å². The summed E-state index contributed by atoms with van der Waals surface area (Å²) in [6.07, 6.45) is 1.32. The molecule has 0 saturated carbocycles. The third-order valence-corrected chi connectivity index (χ3v) is 6.67. The predicted molar refractivity (Wildman–Crippen MR) is 135 cm³/mol. The largest absolute Gasteiger partial charge is 0.476 e. The molecule has 12 heteroatoms. The van der Waals surface area contributed by atoms with Gasteiger partial charge in [-0.05, 0) is 17.5 Å². The van der Waals surface area contributed by atoms with E-state index in [0.717, 1.165) is 16.4 Å². The van der Waals surface area contributed by atoms with Crippen LogP contribution in [0.3, 0.4) is 0 Å². The molecule has 1 heterocycles. The Hall–Kier alpha value is -2.92. The number of rotatable bonds is 10. The number of carbonyl (C=O) groups excluding carboxylic acids is 1. The second-order valence-corrected chi connectivity index (χ2v) is 10.8. The first-order valence-corrected chi connectivity index (χ1v) is 12.9. The molecule has 0 atom stereocenters. The lowest BCUT2D eigenvalue weighted by molar-refractivity contribution is 0.0975. The van der Waals surface area contributed by atoms with Crippen LogP contribution in [0.25, 0.3) is 0 Å². The van der Waals surface area contributed by atoms with Gasteiger partial charge in [-0.1, -0.05) is 67.4 Å². The molecule has 1 aromatic heterocycles. The van der Waals surface area contributed by atoms with Crippen LogP contribution in [0.15, 0.2) is 54.7 Å².